The molecule has 27 heavy (non-hydrogen) atoms. The minimum absolute atomic E-state index is 0.122. The summed E-state index contributed by atoms with van der Waals surface area (Å²) in [5.74, 6) is -2.85. The molecule has 7 heteroatoms. The lowest BCUT2D eigenvalue weighted by Crippen LogP contribution is -2.09. The zero-order valence-corrected chi connectivity index (χ0v) is 14.5. The highest BCUT2D eigenvalue weighted by Crippen LogP contribution is 2.28. The van der Waals surface area contributed by atoms with Gasteiger partial charge in [-0.3, -0.25) is 4.79 Å². The SMILES string of the molecule is Nc1ccc(F)c(C(=O)c2cn(-c3ccc(Cl)cc3)c3ncccc23)c1F. The lowest BCUT2D eigenvalue weighted by molar-refractivity contribution is 0.103. The second-order valence-corrected chi connectivity index (χ2v) is 6.35. The van der Waals surface area contributed by atoms with Gasteiger partial charge in [-0.05, 0) is 48.5 Å². The lowest BCUT2D eigenvalue weighted by Gasteiger charge is -2.05. The minimum Gasteiger partial charge on any atom is -0.396 e. The molecule has 2 aromatic heterocycles. The monoisotopic (exact) mass is 383 g/mol. The van der Waals surface area contributed by atoms with Crippen LogP contribution in [0.4, 0.5) is 14.5 Å². The fourth-order valence-electron chi connectivity index (χ4n) is 2.95. The van der Waals surface area contributed by atoms with E-state index in [0.29, 0.717) is 21.7 Å². The van der Waals surface area contributed by atoms with Crippen molar-refractivity contribution in [2.45, 2.75) is 0 Å². The summed E-state index contributed by atoms with van der Waals surface area (Å²) in [5, 5.41) is 1.03. The van der Waals surface area contributed by atoms with Gasteiger partial charge in [0.15, 0.2) is 5.82 Å². The molecule has 0 aliphatic carbocycles. The molecule has 0 aliphatic heterocycles. The van der Waals surface area contributed by atoms with Gasteiger partial charge in [0.05, 0.1) is 16.8 Å². The Labute approximate surface area is 157 Å². The molecule has 0 saturated carbocycles. The van der Waals surface area contributed by atoms with Crippen molar-refractivity contribution in [3.05, 3.63) is 88.7 Å². The molecule has 4 rings (SSSR count). The summed E-state index contributed by atoms with van der Waals surface area (Å²) in [5.41, 5.74) is 5.83. The van der Waals surface area contributed by atoms with E-state index in [-0.39, 0.29) is 11.3 Å². The topological polar surface area (TPSA) is 60.9 Å². The number of carbonyl (C=O) groups excluding carboxylic acids is 1. The molecule has 0 aliphatic rings. The highest BCUT2D eigenvalue weighted by molar-refractivity contribution is 6.30. The Morgan fingerprint density at radius 3 is 2.56 bits per heavy atom. The van der Waals surface area contributed by atoms with Gasteiger partial charge >= 0.3 is 0 Å². The molecule has 134 valence electrons. The van der Waals surface area contributed by atoms with Crippen LogP contribution in [-0.2, 0) is 0 Å². The maximum absolute atomic E-state index is 14.3. The van der Waals surface area contributed by atoms with Crippen LogP contribution >= 0.6 is 11.6 Å². The standard InChI is InChI=1S/C20H12ClF2N3O/c21-11-3-5-12(6-4-11)26-10-14(13-2-1-9-25-20(13)26)19(27)17-15(22)7-8-16(24)18(17)23/h1-10H,24H2. The van der Waals surface area contributed by atoms with Crippen molar-refractivity contribution in [2.75, 3.05) is 5.73 Å². The maximum atomic E-state index is 14.3. The first-order valence-electron chi connectivity index (χ1n) is 7.97. The second-order valence-electron chi connectivity index (χ2n) is 5.92. The number of pyridine rings is 1. The molecule has 2 heterocycles. The van der Waals surface area contributed by atoms with Gasteiger partial charge in [-0.25, -0.2) is 13.8 Å². The first-order valence-corrected chi connectivity index (χ1v) is 8.35. The van der Waals surface area contributed by atoms with Crippen LogP contribution in [0.15, 0.2) is 60.9 Å². The number of halogens is 3. The van der Waals surface area contributed by atoms with E-state index in [4.69, 9.17) is 17.3 Å². The molecule has 2 N–H and O–H groups in total. The first kappa shape index (κ1) is 17.2. The number of nitrogens with zero attached hydrogens (tertiary/aromatic N) is 2. The highest BCUT2D eigenvalue weighted by Gasteiger charge is 2.25. The molecular formula is C20H12ClF2N3O. The average molecular weight is 384 g/mol. The van der Waals surface area contributed by atoms with E-state index in [9.17, 15) is 13.6 Å². The fraction of sp³-hybridized carbons (Fsp3) is 0. The quantitative estimate of drug-likeness (QED) is 0.409. The number of fused-ring (bicyclic) bond motifs is 1. The first-order chi connectivity index (χ1) is 13.0. The van der Waals surface area contributed by atoms with E-state index in [2.05, 4.69) is 4.98 Å². The Morgan fingerprint density at radius 1 is 1.07 bits per heavy atom. The average Bonchev–Trinajstić information content (AvgIpc) is 3.05. The highest BCUT2D eigenvalue weighted by atomic mass is 35.5. The van der Waals surface area contributed by atoms with Gasteiger partial charge < -0.3 is 10.3 Å². The predicted octanol–water partition coefficient (Wildman–Crippen LogP) is 4.77. The molecule has 4 nitrogen and oxygen atoms in total. The number of nitrogens with two attached hydrogens (primary N) is 1. The van der Waals surface area contributed by atoms with Crippen molar-refractivity contribution < 1.29 is 13.6 Å². The lowest BCUT2D eigenvalue weighted by atomic mass is 10.0. The maximum Gasteiger partial charge on any atom is 0.201 e. The van der Waals surface area contributed by atoms with Crippen molar-refractivity contribution in [1.82, 2.24) is 9.55 Å². The van der Waals surface area contributed by atoms with Crippen LogP contribution in [0.25, 0.3) is 16.7 Å². The number of carbonyl (C=O) groups is 1. The summed E-state index contributed by atoms with van der Waals surface area (Å²) < 4.78 is 30.2. The molecule has 0 saturated heterocycles. The summed E-state index contributed by atoms with van der Waals surface area (Å²) in [6, 6.07) is 12.3. The van der Waals surface area contributed by atoms with Crippen molar-refractivity contribution in [1.29, 1.82) is 0 Å². The van der Waals surface area contributed by atoms with E-state index >= 15 is 0 Å². The Balaban J connectivity index is 1.95. The van der Waals surface area contributed by atoms with Crippen LogP contribution in [0.3, 0.4) is 0 Å². The third kappa shape index (κ3) is 2.84. The summed E-state index contributed by atoms with van der Waals surface area (Å²) in [6.07, 6.45) is 3.08. The van der Waals surface area contributed by atoms with Gasteiger partial charge in [0.1, 0.15) is 11.5 Å². The van der Waals surface area contributed by atoms with Crippen molar-refractivity contribution in [3.8, 4) is 5.69 Å². The summed E-state index contributed by atoms with van der Waals surface area (Å²) >= 11 is 5.93. The number of rotatable bonds is 3. The molecule has 0 fully saturated rings. The zero-order valence-electron chi connectivity index (χ0n) is 13.8. The van der Waals surface area contributed by atoms with Gasteiger partial charge in [0.25, 0.3) is 0 Å². The number of anilines is 1. The van der Waals surface area contributed by atoms with Gasteiger partial charge in [-0.15, -0.1) is 0 Å². The van der Waals surface area contributed by atoms with Crippen LogP contribution in [0.5, 0.6) is 0 Å². The van der Waals surface area contributed by atoms with Crippen LogP contribution < -0.4 is 5.73 Å². The van der Waals surface area contributed by atoms with Crippen molar-refractivity contribution >= 4 is 34.1 Å². The second kappa shape index (κ2) is 6.48. The van der Waals surface area contributed by atoms with Crippen LogP contribution in [0, 0.1) is 11.6 Å². The third-order valence-electron chi connectivity index (χ3n) is 4.26. The Bertz CT molecular complexity index is 1190. The summed E-state index contributed by atoms with van der Waals surface area (Å²) in [4.78, 5) is 17.3. The zero-order chi connectivity index (χ0) is 19.1. The van der Waals surface area contributed by atoms with Gasteiger partial charge in [0.2, 0.25) is 5.78 Å². The van der Waals surface area contributed by atoms with Gasteiger partial charge in [0, 0.05) is 28.5 Å². The van der Waals surface area contributed by atoms with E-state index in [1.807, 2.05) is 0 Å². The Morgan fingerprint density at radius 2 is 1.81 bits per heavy atom. The van der Waals surface area contributed by atoms with Crippen LogP contribution in [-0.4, -0.2) is 15.3 Å². The van der Waals surface area contributed by atoms with E-state index in [1.54, 1.807) is 47.2 Å². The number of nitrogen functional groups attached to an aromatic ring is 1. The normalized spacial score (nSPS) is 11.1. The Hall–Kier alpha value is -3.25. The predicted molar refractivity (Wildman–Crippen MR) is 100 cm³/mol. The van der Waals surface area contributed by atoms with E-state index in [1.165, 1.54) is 6.20 Å². The summed E-state index contributed by atoms with van der Waals surface area (Å²) in [7, 11) is 0. The van der Waals surface area contributed by atoms with E-state index < -0.39 is 23.0 Å². The molecule has 0 unspecified atom stereocenters. The van der Waals surface area contributed by atoms with Crippen LogP contribution in [0.1, 0.15) is 15.9 Å². The largest absolute Gasteiger partial charge is 0.396 e. The van der Waals surface area contributed by atoms with Crippen molar-refractivity contribution in [2.24, 2.45) is 0 Å². The molecule has 0 spiro atoms. The molecule has 0 atom stereocenters. The van der Waals surface area contributed by atoms with Crippen molar-refractivity contribution in [3.63, 3.8) is 0 Å². The number of ketones is 1. The molecule has 4 aromatic rings. The molecule has 0 amide bonds. The smallest absolute Gasteiger partial charge is 0.201 e. The fourth-order valence-corrected chi connectivity index (χ4v) is 3.08. The number of hydrogen-bond acceptors (Lipinski definition) is 3. The molecular weight excluding hydrogens is 372 g/mol. The van der Waals surface area contributed by atoms with Crippen LogP contribution in [0.2, 0.25) is 5.02 Å². The summed E-state index contributed by atoms with van der Waals surface area (Å²) in [6.45, 7) is 0. The van der Waals surface area contributed by atoms with Gasteiger partial charge in [-0.1, -0.05) is 11.6 Å². The molecule has 0 radical (unpaired) electrons. The molecule has 0 bridgehead atoms. The van der Waals surface area contributed by atoms with Gasteiger partial charge in [-0.2, -0.15) is 0 Å². The minimum atomic E-state index is -1.07. The number of hydrogen-bond donors (Lipinski definition) is 1. The molecule has 2 aromatic carbocycles. The number of benzene rings is 2. The Kier molecular flexibility index (Phi) is 4.12. The third-order valence-corrected chi connectivity index (χ3v) is 4.51. The van der Waals surface area contributed by atoms with E-state index in [0.717, 1.165) is 12.1 Å². The number of aromatic nitrogens is 2.